The van der Waals surface area contributed by atoms with E-state index in [4.69, 9.17) is 33.3 Å². The minimum absolute atomic E-state index is 0.392. The van der Waals surface area contributed by atoms with Crippen LogP contribution in [0, 0.1) is 0 Å². The van der Waals surface area contributed by atoms with Gasteiger partial charge in [-0.1, -0.05) is 29.8 Å². The summed E-state index contributed by atoms with van der Waals surface area (Å²) in [6.07, 6.45) is 0. The molecule has 0 aliphatic heterocycles. The van der Waals surface area contributed by atoms with Gasteiger partial charge in [-0.3, -0.25) is 0 Å². The molecule has 1 aromatic heterocycles. The maximum Gasteiger partial charge on any atom is 0.349 e. The molecule has 5 nitrogen and oxygen atoms in total. The number of anilines is 1. The van der Waals surface area contributed by atoms with Gasteiger partial charge in [0, 0.05) is 27.9 Å². The summed E-state index contributed by atoms with van der Waals surface area (Å²) < 4.78 is 11.0. The molecular weight excluding hydrogens is 404 g/mol. The second kappa shape index (κ2) is 8.56. The first-order valence-corrected chi connectivity index (χ1v) is 9.61. The lowest BCUT2D eigenvalue weighted by atomic mass is 10.2. The Hall–Kier alpha value is -2.35. The first-order chi connectivity index (χ1) is 13.0. The number of thiophene rings is 1. The molecule has 2 aromatic carbocycles. The molecule has 0 amide bonds. The minimum atomic E-state index is -0.440. The van der Waals surface area contributed by atoms with Crippen LogP contribution in [0.15, 0.2) is 42.5 Å². The number of rotatable bonds is 5. The smallest absolute Gasteiger partial charge is 0.349 e. The van der Waals surface area contributed by atoms with E-state index in [0.29, 0.717) is 21.6 Å². The number of carbonyl (C=O) groups is 1. The molecule has 0 radical (unpaired) electrons. The SMILES string of the molecule is COC(=O)c1sc2cc(NC(=S)NCc3ccccc3OC)ccc2c1Cl. The summed E-state index contributed by atoms with van der Waals surface area (Å²) in [6.45, 7) is 0.537. The van der Waals surface area contributed by atoms with Crippen molar-refractivity contribution >= 4 is 62.0 Å². The number of nitrogens with one attached hydrogen (secondary N) is 2. The van der Waals surface area contributed by atoms with Gasteiger partial charge in [0.15, 0.2) is 5.11 Å². The van der Waals surface area contributed by atoms with E-state index in [2.05, 4.69) is 10.6 Å². The normalized spacial score (nSPS) is 10.5. The van der Waals surface area contributed by atoms with Crippen molar-refractivity contribution in [1.82, 2.24) is 5.32 Å². The van der Waals surface area contributed by atoms with Crippen LogP contribution < -0.4 is 15.4 Å². The van der Waals surface area contributed by atoms with Crippen LogP contribution in [0.1, 0.15) is 15.2 Å². The number of fused-ring (bicyclic) bond motifs is 1. The fourth-order valence-electron chi connectivity index (χ4n) is 2.57. The van der Waals surface area contributed by atoms with Gasteiger partial charge >= 0.3 is 5.97 Å². The summed E-state index contributed by atoms with van der Waals surface area (Å²) in [6, 6.07) is 13.4. The van der Waals surface area contributed by atoms with E-state index in [0.717, 1.165) is 27.1 Å². The molecule has 0 aliphatic rings. The number of hydrogen-bond donors (Lipinski definition) is 2. The third kappa shape index (κ3) is 4.32. The largest absolute Gasteiger partial charge is 0.496 e. The van der Waals surface area contributed by atoms with Crippen molar-refractivity contribution in [2.75, 3.05) is 19.5 Å². The zero-order chi connectivity index (χ0) is 19.4. The van der Waals surface area contributed by atoms with Gasteiger partial charge in [0.2, 0.25) is 0 Å². The number of ether oxygens (including phenoxy) is 2. The zero-order valence-electron chi connectivity index (χ0n) is 14.7. The maximum atomic E-state index is 11.8. The average Bonchev–Trinajstić information content (AvgIpc) is 3.02. The lowest BCUT2D eigenvalue weighted by Gasteiger charge is -2.12. The van der Waals surface area contributed by atoms with E-state index >= 15 is 0 Å². The summed E-state index contributed by atoms with van der Waals surface area (Å²) >= 11 is 12.9. The van der Waals surface area contributed by atoms with Crippen LogP contribution in [0.4, 0.5) is 5.69 Å². The second-order valence-corrected chi connectivity index (χ2v) is 7.41. The predicted molar refractivity (Wildman–Crippen MR) is 114 cm³/mol. The number of benzene rings is 2. The van der Waals surface area contributed by atoms with Crippen molar-refractivity contribution in [2.45, 2.75) is 6.54 Å². The molecule has 0 saturated carbocycles. The summed E-state index contributed by atoms with van der Waals surface area (Å²) in [4.78, 5) is 12.2. The molecule has 140 valence electrons. The lowest BCUT2D eigenvalue weighted by Crippen LogP contribution is -2.28. The number of hydrogen-bond acceptors (Lipinski definition) is 5. The van der Waals surface area contributed by atoms with Crippen molar-refractivity contribution in [3.05, 3.63) is 57.9 Å². The van der Waals surface area contributed by atoms with Crippen LogP contribution in [-0.2, 0) is 11.3 Å². The number of esters is 1. The Kier molecular flexibility index (Phi) is 6.15. The van der Waals surface area contributed by atoms with E-state index in [1.807, 2.05) is 42.5 Å². The van der Waals surface area contributed by atoms with Crippen molar-refractivity contribution in [1.29, 1.82) is 0 Å². The van der Waals surface area contributed by atoms with Gasteiger partial charge in [-0.25, -0.2) is 4.79 Å². The van der Waals surface area contributed by atoms with Crippen LogP contribution in [0.3, 0.4) is 0 Å². The predicted octanol–water partition coefficient (Wildman–Crippen LogP) is 4.84. The molecule has 0 aliphatic carbocycles. The Balaban J connectivity index is 1.70. The number of methoxy groups -OCH3 is 2. The third-order valence-corrected chi connectivity index (χ3v) is 5.77. The van der Waals surface area contributed by atoms with E-state index in [1.54, 1.807) is 7.11 Å². The Morgan fingerprint density at radius 3 is 2.74 bits per heavy atom. The van der Waals surface area contributed by atoms with Crippen LogP contribution in [0.2, 0.25) is 5.02 Å². The topological polar surface area (TPSA) is 59.6 Å². The average molecular weight is 421 g/mol. The van der Waals surface area contributed by atoms with Crippen molar-refractivity contribution in [2.24, 2.45) is 0 Å². The first kappa shape index (κ1) is 19.4. The van der Waals surface area contributed by atoms with Gasteiger partial charge in [0.05, 0.1) is 19.2 Å². The molecule has 8 heteroatoms. The van der Waals surface area contributed by atoms with Crippen molar-refractivity contribution < 1.29 is 14.3 Å². The molecule has 3 aromatic rings. The van der Waals surface area contributed by atoms with E-state index in [-0.39, 0.29) is 0 Å². The van der Waals surface area contributed by atoms with Crippen LogP contribution in [-0.4, -0.2) is 25.3 Å². The van der Waals surface area contributed by atoms with Crippen LogP contribution >= 0.6 is 35.2 Å². The highest BCUT2D eigenvalue weighted by Gasteiger charge is 2.17. The van der Waals surface area contributed by atoms with Gasteiger partial charge in [0.1, 0.15) is 10.6 Å². The second-order valence-electron chi connectivity index (χ2n) is 5.57. The number of carbonyl (C=O) groups excluding carboxylic acids is 1. The molecule has 0 atom stereocenters. The standard InChI is InChI=1S/C19H17ClN2O3S2/c1-24-14-6-4-3-5-11(14)10-21-19(26)22-12-7-8-13-15(9-12)27-17(16(13)20)18(23)25-2/h3-9H,10H2,1-2H3,(H2,21,22,26). The molecular formula is C19H17ClN2O3S2. The molecule has 3 rings (SSSR count). The monoisotopic (exact) mass is 420 g/mol. The van der Waals surface area contributed by atoms with Gasteiger partial charge < -0.3 is 20.1 Å². The van der Waals surface area contributed by atoms with Crippen LogP contribution in [0.25, 0.3) is 10.1 Å². The maximum absolute atomic E-state index is 11.8. The highest BCUT2D eigenvalue weighted by molar-refractivity contribution is 7.80. The molecule has 2 N–H and O–H groups in total. The summed E-state index contributed by atoms with van der Waals surface area (Å²) in [5.74, 6) is 0.363. The minimum Gasteiger partial charge on any atom is -0.496 e. The van der Waals surface area contributed by atoms with Gasteiger partial charge in [-0.2, -0.15) is 0 Å². The van der Waals surface area contributed by atoms with Gasteiger partial charge in [0.25, 0.3) is 0 Å². The van der Waals surface area contributed by atoms with E-state index < -0.39 is 5.97 Å². The Morgan fingerprint density at radius 1 is 1.22 bits per heavy atom. The molecule has 0 bridgehead atoms. The molecule has 0 unspecified atom stereocenters. The van der Waals surface area contributed by atoms with E-state index in [1.165, 1.54) is 18.4 Å². The zero-order valence-corrected chi connectivity index (χ0v) is 17.1. The fraction of sp³-hybridized carbons (Fsp3) is 0.158. The summed E-state index contributed by atoms with van der Waals surface area (Å²) in [5.41, 5.74) is 1.81. The summed E-state index contributed by atoms with van der Waals surface area (Å²) in [7, 11) is 2.97. The van der Waals surface area contributed by atoms with Gasteiger partial charge in [-0.15, -0.1) is 11.3 Å². The number of para-hydroxylation sites is 1. The highest BCUT2D eigenvalue weighted by Crippen LogP contribution is 2.37. The molecule has 0 fully saturated rings. The Morgan fingerprint density at radius 2 is 2.00 bits per heavy atom. The number of thiocarbonyl (C=S) groups is 1. The van der Waals surface area contributed by atoms with Crippen molar-refractivity contribution in [3.63, 3.8) is 0 Å². The summed E-state index contributed by atoms with van der Waals surface area (Å²) in [5, 5.41) is 7.99. The fourth-order valence-corrected chi connectivity index (χ4v) is 4.22. The molecule has 0 saturated heterocycles. The molecule has 27 heavy (non-hydrogen) atoms. The lowest BCUT2D eigenvalue weighted by molar-refractivity contribution is 0.0606. The Bertz CT molecular complexity index is 1000. The van der Waals surface area contributed by atoms with Gasteiger partial charge in [-0.05, 0) is 36.5 Å². The van der Waals surface area contributed by atoms with Crippen molar-refractivity contribution in [3.8, 4) is 5.75 Å². The molecule has 0 spiro atoms. The Labute approximate surface area is 171 Å². The molecule has 1 heterocycles. The quantitative estimate of drug-likeness (QED) is 0.455. The third-order valence-electron chi connectivity index (χ3n) is 3.89. The highest BCUT2D eigenvalue weighted by atomic mass is 35.5. The van der Waals surface area contributed by atoms with Crippen LogP contribution in [0.5, 0.6) is 5.75 Å². The first-order valence-electron chi connectivity index (χ1n) is 8.00. The number of halogens is 1. The van der Waals surface area contributed by atoms with E-state index in [9.17, 15) is 4.79 Å².